The fourth-order valence-electron chi connectivity index (χ4n) is 0.694. The zero-order valence-corrected chi connectivity index (χ0v) is 8.19. The average Bonchev–Trinajstić information content (AvgIpc) is 1.59. The Kier molecular flexibility index (Phi) is 4.22. The molecule has 0 N–H and O–H groups in total. The van der Waals surface area contributed by atoms with Crippen LogP contribution in [0, 0.1) is 0 Å². The third kappa shape index (κ3) is 6.31. The number of rotatable bonds is 4. The van der Waals surface area contributed by atoms with Gasteiger partial charge in [-0.3, -0.25) is 0 Å². The van der Waals surface area contributed by atoms with E-state index in [-0.39, 0.29) is 0 Å². The molecule has 0 rings (SSSR count). The molecule has 1 atom stereocenters. The SMILES string of the molecule is CCC[SiH](C)O[Si](F)(F)F. The number of hydrogen-bond acceptors (Lipinski definition) is 1. The first-order valence-electron chi connectivity index (χ1n) is 3.20. The fraction of sp³-hybridized carbons (Fsp3) is 1.00. The van der Waals surface area contributed by atoms with Crippen LogP contribution in [0.25, 0.3) is 0 Å². The zero-order valence-electron chi connectivity index (χ0n) is 6.03. The third-order valence-corrected chi connectivity index (χ3v) is 5.10. The minimum atomic E-state index is -5.70. The van der Waals surface area contributed by atoms with E-state index in [4.69, 9.17) is 0 Å². The van der Waals surface area contributed by atoms with Gasteiger partial charge in [0.05, 0.1) is 0 Å². The standard InChI is InChI=1S/C4H11F3OSi2/c1-3-4-9(2)8-10(5,6)7/h9H,3-4H2,1-2H3. The van der Waals surface area contributed by atoms with E-state index in [0.29, 0.717) is 6.04 Å². The predicted molar refractivity (Wildman–Crippen MR) is 38.3 cm³/mol. The summed E-state index contributed by atoms with van der Waals surface area (Å²) in [4.78, 5) is 0. The summed E-state index contributed by atoms with van der Waals surface area (Å²) >= 11 is 0. The van der Waals surface area contributed by atoms with Crippen LogP contribution in [0.15, 0.2) is 0 Å². The average molecular weight is 188 g/mol. The molecule has 0 aliphatic heterocycles. The molecule has 0 aliphatic rings. The Hall–Kier alpha value is 0.184. The van der Waals surface area contributed by atoms with Crippen molar-refractivity contribution in [3.8, 4) is 0 Å². The maximum absolute atomic E-state index is 11.6. The Labute approximate surface area is 61.6 Å². The van der Waals surface area contributed by atoms with Crippen LogP contribution >= 0.6 is 0 Å². The van der Waals surface area contributed by atoms with Crippen molar-refractivity contribution in [1.82, 2.24) is 0 Å². The Morgan fingerprint density at radius 1 is 1.40 bits per heavy atom. The molecule has 0 aromatic carbocycles. The first-order chi connectivity index (χ1) is 4.45. The predicted octanol–water partition coefficient (Wildman–Crippen LogP) is 2.11. The Balaban J connectivity index is 3.47. The van der Waals surface area contributed by atoms with Gasteiger partial charge in [0, 0.05) is 0 Å². The highest BCUT2D eigenvalue weighted by Gasteiger charge is 2.42. The van der Waals surface area contributed by atoms with E-state index >= 15 is 0 Å². The van der Waals surface area contributed by atoms with E-state index in [9.17, 15) is 12.3 Å². The van der Waals surface area contributed by atoms with Crippen molar-refractivity contribution in [3.05, 3.63) is 0 Å². The van der Waals surface area contributed by atoms with E-state index in [2.05, 4.69) is 4.12 Å². The molecule has 62 valence electrons. The van der Waals surface area contributed by atoms with Gasteiger partial charge in [-0.15, -0.1) is 0 Å². The maximum atomic E-state index is 11.6. The highest BCUT2D eigenvalue weighted by molar-refractivity contribution is 6.65. The van der Waals surface area contributed by atoms with E-state index in [1.807, 2.05) is 6.92 Å². The van der Waals surface area contributed by atoms with Crippen molar-refractivity contribution < 1.29 is 16.4 Å². The second kappa shape index (κ2) is 4.14. The van der Waals surface area contributed by atoms with Crippen molar-refractivity contribution in [2.24, 2.45) is 0 Å². The molecule has 0 radical (unpaired) electrons. The van der Waals surface area contributed by atoms with Crippen molar-refractivity contribution in [2.45, 2.75) is 25.9 Å². The van der Waals surface area contributed by atoms with Crippen molar-refractivity contribution >= 4 is 18.4 Å². The second-order valence-electron chi connectivity index (χ2n) is 2.16. The normalized spacial score (nSPS) is 15.3. The van der Waals surface area contributed by atoms with E-state index < -0.39 is 18.4 Å². The van der Waals surface area contributed by atoms with Crippen molar-refractivity contribution in [3.63, 3.8) is 0 Å². The molecule has 0 aromatic rings. The minimum Gasteiger partial charge on any atom is -0.388 e. The molecule has 1 nitrogen and oxygen atoms in total. The van der Waals surface area contributed by atoms with Crippen LogP contribution in [0.5, 0.6) is 0 Å². The van der Waals surface area contributed by atoms with Gasteiger partial charge < -0.3 is 4.12 Å². The third-order valence-electron chi connectivity index (χ3n) is 1.03. The molecule has 0 aliphatic carbocycles. The van der Waals surface area contributed by atoms with Gasteiger partial charge >= 0.3 is 9.32 Å². The highest BCUT2D eigenvalue weighted by atomic mass is 28.5. The van der Waals surface area contributed by atoms with Crippen LogP contribution in [0.4, 0.5) is 12.3 Å². The molecule has 0 spiro atoms. The lowest BCUT2D eigenvalue weighted by atomic mass is 10.6. The van der Waals surface area contributed by atoms with Crippen LogP contribution in [-0.2, 0) is 4.12 Å². The van der Waals surface area contributed by atoms with Gasteiger partial charge in [-0.25, -0.2) is 12.3 Å². The molecule has 0 saturated heterocycles. The fourth-order valence-corrected chi connectivity index (χ4v) is 3.80. The van der Waals surface area contributed by atoms with Gasteiger partial charge in [-0.1, -0.05) is 13.3 Å². The Morgan fingerprint density at radius 2 is 1.90 bits per heavy atom. The van der Waals surface area contributed by atoms with Crippen molar-refractivity contribution in [2.75, 3.05) is 0 Å². The highest BCUT2D eigenvalue weighted by Crippen LogP contribution is 2.13. The van der Waals surface area contributed by atoms with E-state index in [0.717, 1.165) is 6.42 Å². The van der Waals surface area contributed by atoms with Gasteiger partial charge in [-0.05, 0) is 12.6 Å². The summed E-state index contributed by atoms with van der Waals surface area (Å²) in [5.74, 6) is 0. The first kappa shape index (κ1) is 10.2. The van der Waals surface area contributed by atoms with Gasteiger partial charge in [-0.2, -0.15) is 0 Å². The number of hydrogen-bond donors (Lipinski definition) is 0. The molecule has 6 heteroatoms. The van der Waals surface area contributed by atoms with Crippen LogP contribution in [0.1, 0.15) is 13.3 Å². The van der Waals surface area contributed by atoms with E-state index in [1.54, 1.807) is 6.55 Å². The molecule has 0 bridgehead atoms. The summed E-state index contributed by atoms with van der Waals surface area (Å²) in [6.07, 6.45) is 0.790. The van der Waals surface area contributed by atoms with Crippen LogP contribution in [0.3, 0.4) is 0 Å². The van der Waals surface area contributed by atoms with Gasteiger partial charge in [0.15, 0.2) is 9.04 Å². The second-order valence-corrected chi connectivity index (χ2v) is 6.20. The van der Waals surface area contributed by atoms with E-state index in [1.165, 1.54) is 0 Å². The molecule has 0 amide bonds. The van der Waals surface area contributed by atoms with Crippen molar-refractivity contribution in [1.29, 1.82) is 0 Å². The Morgan fingerprint density at radius 3 is 2.20 bits per heavy atom. The summed E-state index contributed by atoms with van der Waals surface area (Å²) in [7, 11) is -7.59. The smallest absolute Gasteiger partial charge is 0.388 e. The monoisotopic (exact) mass is 188 g/mol. The molecular formula is C4H11F3OSi2. The lowest BCUT2D eigenvalue weighted by molar-refractivity contribution is 0.298. The molecule has 0 heterocycles. The topological polar surface area (TPSA) is 9.23 Å². The largest absolute Gasteiger partial charge is 0.791 e. The molecule has 1 unspecified atom stereocenters. The Bertz CT molecular complexity index is 95.0. The van der Waals surface area contributed by atoms with Gasteiger partial charge in [0.2, 0.25) is 0 Å². The minimum absolute atomic E-state index is 0.618. The van der Waals surface area contributed by atoms with Crippen LogP contribution in [0.2, 0.25) is 12.6 Å². The van der Waals surface area contributed by atoms with Gasteiger partial charge in [0.1, 0.15) is 0 Å². The summed E-state index contributed by atoms with van der Waals surface area (Å²) in [6.45, 7) is 3.45. The lowest BCUT2D eigenvalue weighted by Crippen LogP contribution is -2.29. The number of halogens is 3. The lowest BCUT2D eigenvalue weighted by Gasteiger charge is -2.09. The molecule has 10 heavy (non-hydrogen) atoms. The van der Waals surface area contributed by atoms with Crippen LogP contribution < -0.4 is 0 Å². The summed E-state index contributed by atoms with van der Waals surface area (Å²) in [5, 5.41) is 0. The molecule has 0 fully saturated rings. The van der Waals surface area contributed by atoms with Crippen LogP contribution in [-0.4, -0.2) is 18.4 Å². The zero-order chi connectivity index (χ0) is 8.20. The molecule has 0 aromatic heterocycles. The summed E-state index contributed by atoms with van der Waals surface area (Å²) in [5.41, 5.74) is 0. The summed E-state index contributed by atoms with van der Waals surface area (Å²) in [6, 6.07) is 0.618. The first-order valence-corrected chi connectivity index (χ1v) is 7.18. The molecular weight excluding hydrogens is 177 g/mol. The summed E-state index contributed by atoms with van der Waals surface area (Å²) < 4.78 is 38.7. The van der Waals surface area contributed by atoms with Gasteiger partial charge in [0.25, 0.3) is 0 Å². The maximum Gasteiger partial charge on any atom is 0.791 e. The quantitative estimate of drug-likeness (QED) is 0.485. The molecule has 0 saturated carbocycles.